The van der Waals surface area contributed by atoms with Crippen molar-refractivity contribution in [2.45, 2.75) is 6.10 Å². The third kappa shape index (κ3) is 5.70. The van der Waals surface area contributed by atoms with E-state index in [1.165, 1.54) is 36.9 Å². The van der Waals surface area contributed by atoms with Crippen LogP contribution in [0.3, 0.4) is 0 Å². The van der Waals surface area contributed by atoms with Crippen LogP contribution in [0, 0.1) is 5.92 Å². The number of ether oxygens (including phenoxy) is 1. The van der Waals surface area contributed by atoms with E-state index in [1.807, 2.05) is 23.5 Å². The Kier molecular flexibility index (Phi) is 7.74. The van der Waals surface area contributed by atoms with Crippen molar-refractivity contribution in [3.63, 3.8) is 0 Å². The van der Waals surface area contributed by atoms with Gasteiger partial charge in [0.2, 0.25) is 11.6 Å². The van der Waals surface area contributed by atoms with Crippen molar-refractivity contribution in [2.75, 3.05) is 4.90 Å². The SMILES string of the molecule is C1=CC2C=C(c3ccc(N(c4ccc(-c5ccc(-c6cccc7c6sc6ccccc67)cc5)cc4)c4ccc(-c5nc6cccnc6o5)cc4)cc3)OC2C=C1. The van der Waals surface area contributed by atoms with Crippen molar-refractivity contribution < 1.29 is 9.15 Å². The largest absolute Gasteiger partial charge is 0.485 e. The van der Waals surface area contributed by atoms with Gasteiger partial charge >= 0.3 is 0 Å². The molecule has 0 radical (unpaired) electrons. The van der Waals surface area contributed by atoms with E-state index in [0.29, 0.717) is 11.6 Å². The predicted octanol–water partition coefficient (Wildman–Crippen LogP) is 13.5. The average molecular weight is 740 g/mol. The van der Waals surface area contributed by atoms with Gasteiger partial charge in [-0.05, 0) is 113 Å². The summed E-state index contributed by atoms with van der Waals surface area (Å²) in [7, 11) is 0. The average Bonchev–Trinajstić information content (AvgIpc) is 4.00. The van der Waals surface area contributed by atoms with Gasteiger partial charge in [-0.25, -0.2) is 9.97 Å². The molecule has 0 N–H and O–H groups in total. The summed E-state index contributed by atoms with van der Waals surface area (Å²) in [6.07, 6.45) is 12.5. The highest BCUT2D eigenvalue weighted by Gasteiger charge is 2.27. The van der Waals surface area contributed by atoms with Crippen molar-refractivity contribution >= 4 is 65.6 Å². The minimum atomic E-state index is 0.0624. The molecule has 0 fully saturated rings. The summed E-state index contributed by atoms with van der Waals surface area (Å²) >= 11 is 1.87. The second-order valence-corrected chi connectivity index (χ2v) is 15.2. The van der Waals surface area contributed by atoms with Crippen molar-refractivity contribution in [3.05, 3.63) is 194 Å². The molecule has 4 heterocycles. The molecule has 6 aromatic carbocycles. The molecule has 1 aliphatic heterocycles. The monoisotopic (exact) mass is 739 g/mol. The number of benzene rings is 6. The smallest absolute Gasteiger partial charge is 0.247 e. The fraction of sp³-hybridized carbons (Fsp3) is 0.0400. The third-order valence-corrected chi connectivity index (χ3v) is 12.0. The van der Waals surface area contributed by atoms with Crippen LogP contribution in [0.4, 0.5) is 17.1 Å². The number of thiophene rings is 1. The summed E-state index contributed by atoms with van der Waals surface area (Å²) in [5.41, 5.74) is 11.1. The second-order valence-electron chi connectivity index (χ2n) is 14.1. The van der Waals surface area contributed by atoms with Crippen LogP contribution in [-0.2, 0) is 4.74 Å². The highest BCUT2D eigenvalue weighted by atomic mass is 32.1. The van der Waals surface area contributed by atoms with Crippen molar-refractivity contribution in [1.82, 2.24) is 9.97 Å². The zero-order valence-corrected chi connectivity index (χ0v) is 30.9. The highest BCUT2D eigenvalue weighted by Crippen LogP contribution is 2.42. The lowest BCUT2D eigenvalue weighted by Crippen LogP contribution is -2.13. The fourth-order valence-electron chi connectivity index (χ4n) is 7.89. The molecule has 266 valence electrons. The lowest BCUT2D eigenvalue weighted by molar-refractivity contribution is 0.213. The highest BCUT2D eigenvalue weighted by molar-refractivity contribution is 7.26. The number of aromatic nitrogens is 2. The minimum Gasteiger partial charge on any atom is -0.485 e. The Morgan fingerprint density at radius 3 is 1.93 bits per heavy atom. The van der Waals surface area contributed by atoms with Crippen LogP contribution in [0.15, 0.2) is 193 Å². The molecule has 0 saturated heterocycles. The number of rotatable bonds is 7. The number of nitrogens with zero attached hydrogens (tertiary/aromatic N) is 3. The van der Waals surface area contributed by atoms with Gasteiger partial charge in [0.25, 0.3) is 0 Å². The maximum atomic E-state index is 6.31. The van der Waals surface area contributed by atoms with Crippen molar-refractivity contribution in [2.24, 2.45) is 5.92 Å². The molecule has 3 aromatic heterocycles. The molecule has 56 heavy (non-hydrogen) atoms. The topological polar surface area (TPSA) is 51.4 Å². The van der Waals surface area contributed by atoms with Crippen LogP contribution in [-0.4, -0.2) is 16.1 Å². The van der Waals surface area contributed by atoms with E-state index in [-0.39, 0.29) is 12.0 Å². The number of hydrogen-bond acceptors (Lipinski definition) is 6. The Hall–Kier alpha value is -7.02. The fourth-order valence-corrected chi connectivity index (χ4v) is 9.12. The van der Waals surface area contributed by atoms with Crippen LogP contribution >= 0.6 is 11.3 Å². The van der Waals surface area contributed by atoms with Crippen LogP contribution < -0.4 is 4.90 Å². The molecule has 6 heteroatoms. The molecule has 0 spiro atoms. The summed E-state index contributed by atoms with van der Waals surface area (Å²) in [6.45, 7) is 0. The van der Waals surface area contributed by atoms with Gasteiger partial charge in [-0.15, -0.1) is 11.3 Å². The van der Waals surface area contributed by atoms with E-state index in [1.54, 1.807) is 6.20 Å². The molecule has 0 saturated carbocycles. The van der Waals surface area contributed by atoms with Gasteiger partial charge in [-0.1, -0.05) is 91.0 Å². The predicted molar refractivity (Wildman–Crippen MR) is 230 cm³/mol. The van der Waals surface area contributed by atoms with Gasteiger partial charge in [0.05, 0.1) is 0 Å². The molecule has 2 unspecified atom stereocenters. The molecule has 11 rings (SSSR count). The van der Waals surface area contributed by atoms with Gasteiger partial charge < -0.3 is 14.1 Å². The van der Waals surface area contributed by atoms with E-state index in [0.717, 1.165) is 45.0 Å². The van der Waals surface area contributed by atoms with E-state index >= 15 is 0 Å². The van der Waals surface area contributed by atoms with Crippen molar-refractivity contribution in [1.29, 1.82) is 0 Å². The van der Waals surface area contributed by atoms with Crippen LogP contribution in [0.1, 0.15) is 5.56 Å². The molecular formula is C50H33N3O2S. The van der Waals surface area contributed by atoms with Gasteiger partial charge in [-0.2, -0.15) is 0 Å². The standard InChI is InChI=1S/C50H33N3O2S/c1-3-12-45-37(7-1)31-46(54-45)35-20-26-39(27-21-35)53(40-28-22-36(23-29-40)49-52-44-11-6-30-51-50(44)55-49)38-24-18-33(19-25-38)32-14-16-34(17-15-32)41-9-5-10-43-42-8-2-4-13-47(42)56-48(41)43/h1-31,37,45H. The number of fused-ring (bicyclic) bond motifs is 5. The van der Waals surface area contributed by atoms with E-state index in [9.17, 15) is 0 Å². The van der Waals surface area contributed by atoms with Crippen LogP contribution in [0.2, 0.25) is 0 Å². The molecule has 2 atom stereocenters. The van der Waals surface area contributed by atoms with E-state index < -0.39 is 0 Å². The first-order valence-electron chi connectivity index (χ1n) is 18.8. The van der Waals surface area contributed by atoms with Gasteiger partial charge in [0.1, 0.15) is 17.4 Å². The first-order chi connectivity index (χ1) is 27.7. The Morgan fingerprint density at radius 1 is 0.554 bits per heavy atom. The van der Waals surface area contributed by atoms with Gasteiger partial charge in [0, 0.05) is 60.5 Å². The van der Waals surface area contributed by atoms with Crippen LogP contribution in [0.25, 0.3) is 70.9 Å². The normalized spacial score (nSPS) is 16.0. The van der Waals surface area contributed by atoms with Gasteiger partial charge in [0.15, 0.2) is 0 Å². The molecule has 9 aromatic rings. The lowest BCUT2D eigenvalue weighted by atomic mass is 9.98. The summed E-state index contributed by atoms with van der Waals surface area (Å²) in [5, 5.41) is 2.64. The number of anilines is 3. The number of oxazole rings is 1. The first-order valence-corrected chi connectivity index (χ1v) is 19.6. The molecule has 1 aliphatic carbocycles. The number of allylic oxidation sites excluding steroid dienone is 2. The Bertz CT molecular complexity index is 2960. The molecular weight excluding hydrogens is 707 g/mol. The zero-order chi connectivity index (χ0) is 37.0. The third-order valence-electron chi connectivity index (χ3n) is 10.7. The van der Waals surface area contributed by atoms with E-state index in [2.05, 4.69) is 185 Å². The van der Waals surface area contributed by atoms with Crippen molar-refractivity contribution in [3.8, 4) is 33.7 Å². The van der Waals surface area contributed by atoms with E-state index in [4.69, 9.17) is 9.15 Å². The lowest BCUT2D eigenvalue weighted by Gasteiger charge is -2.26. The Labute approximate surface area is 327 Å². The van der Waals surface area contributed by atoms with Gasteiger partial charge in [-0.3, -0.25) is 0 Å². The van der Waals surface area contributed by atoms with Crippen LogP contribution in [0.5, 0.6) is 0 Å². The summed E-state index contributed by atoms with van der Waals surface area (Å²) < 4.78 is 14.9. The summed E-state index contributed by atoms with van der Waals surface area (Å²) in [5.74, 6) is 1.74. The number of hydrogen-bond donors (Lipinski definition) is 0. The maximum absolute atomic E-state index is 6.31. The Balaban J connectivity index is 0.913. The molecule has 0 amide bonds. The second kappa shape index (κ2) is 13.4. The first kappa shape index (κ1) is 32.4. The summed E-state index contributed by atoms with van der Waals surface area (Å²) in [4.78, 5) is 11.3. The summed E-state index contributed by atoms with van der Waals surface area (Å²) in [6, 6.07) is 53.8. The quantitative estimate of drug-likeness (QED) is 0.163. The molecule has 5 nitrogen and oxygen atoms in total. The molecule has 0 bridgehead atoms. The maximum Gasteiger partial charge on any atom is 0.247 e. The molecule has 2 aliphatic rings. The Morgan fingerprint density at radius 2 is 1.20 bits per heavy atom. The zero-order valence-electron chi connectivity index (χ0n) is 30.1. The minimum absolute atomic E-state index is 0.0624. The number of pyridine rings is 1.